The molecule has 2 aromatic carbocycles. The molecule has 0 radical (unpaired) electrons. The smallest absolute Gasteiger partial charge is 0.258 e. The van der Waals surface area contributed by atoms with Gasteiger partial charge in [-0.15, -0.1) is 0 Å². The minimum absolute atomic E-state index is 0.202. The van der Waals surface area contributed by atoms with Gasteiger partial charge in [-0.25, -0.2) is 4.98 Å². The summed E-state index contributed by atoms with van der Waals surface area (Å²) in [6, 6.07) is 15.3. The number of benzene rings is 2. The topological polar surface area (TPSA) is 84.8 Å². The highest BCUT2D eigenvalue weighted by Gasteiger charge is 2.17. The second-order valence-electron chi connectivity index (χ2n) is 6.61. The van der Waals surface area contributed by atoms with E-state index >= 15 is 0 Å². The van der Waals surface area contributed by atoms with Gasteiger partial charge in [0.1, 0.15) is 11.6 Å². The summed E-state index contributed by atoms with van der Waals surface area (Å²) in [5, 5.41) is 9.05. The lowest BCUT2D eigenvalue weighted by atomic mass is 10.1. The molecule has 2 N–H and O–H groups in total. The molecule has 5 aromatic rings. The van der Waals surface area contributed by atoms with Crippen molar-refractivity contribution in [3.8, 4) is 10.9 Å². The third-order valence-electron chi connectivity index (χ3n) is 4.67. The third-order valence-corrected chi connectivity index (χ3v) is 5.67. The average molecular weight is 403 g/mol. The fraction of sp³-hybridized carbons (Fsp3) is 0.0952. The fourth-order valence-electron chi connectivity index (χ4n) is 3.29. The van der Waals surface area contributed by atoms with Gasteiger partial charge in [0.25, 0.3) is 5.91 Å². The number of methoxy groups -OCH3 is 1. The molecule has 29 heavy (non-hydrogen) atoms. The largest absolute Gasteiger partial charge is 0.497 e. The van der Waals surface area contributed by atoms with Gasteiger partial charge in [-0.05, 0) is 31.2 Å². The highest BCUT2D eigenvalue weighted by atomic mass is 32.1. The van der Waals surface area contributed by atoms with Gasteiger partial charge in [-0.2, -0.15) is 9.78 Å². The lowest BCUT2D eigenvalue weighted by Crippen LogP contribution is -2.14. The van der Waals surface area contributed by atoms with Crippen LogP contribution in [0.25, 0.3) is 26.3 Å². The quantitative estimate of drug-likeness (QED) is 0.462. The van der Waals surface area contributed by atoms with Gasteiger partial charge in [0.15, 0.2) is 0 Å². The summed E-state index contributed by atoms with van der Waals surface area (Å²) in [4.78, 5) is 20.7. The molecule has 0 aliphatic rings. The first-order chi connectivity index (χ1) is 14.1. The zero-order chi connectivity index (χ0) is 20.0. The normalized spacial score (nSPS) is 11.2. The highest BCUT2D eigenvalue weighted by molar-refractivity contribution is 7.20. The van der Waals surface area contributed by atoms with Gasteiger partial charge < -0.3 is 15.0 Å². The maximum atomic E-state index is 12.9. The van der Waals surface area contributed by atoms with Gasteiger partial charge in [0, 0.05) is 23.2 Å². The molecule has 0 unspecified atom stereocenters. The second-order valence-corrected chi connectivity index (χ2v) is 7.62. The van der Waals surface area contributed by atoms with Crippen molar-refractivity contribution in [3.05, 3.63) is 66.0 Å². The summed E-state index contributed by atoms with van der Waals surface area (Å²) in [6.45, 7) is 1.88. The van der Waals surface area contributed by atoms with Crippen LogP contribution in [0.1, 0.15) is 16.1 Å². The molecule has 0 saturated carbocycles. The number of amides is 1. The molecule has 0 aliphatic heterocycles. The van der Waals surface area contributed by atoms with Crippen LogP contribution in [0.15, 0.2) is 54.7 Å². The van der Waals surface area contributed by atoms with Gasteiger partial charge in [-0.1, -0.05) is 29.5 Å². The number of aromatic amines is 1. The number of thiazole rings is 1. The summed E-state index contributed by atoms with van der Waals surface area (Å²) in [6.07, 6.45) is 1.72. The van der Waals surface area contributed by atoms with Gasteiger partial charge in [0.2, 0.25) is 5.13 Å². The molecule has 8 heteroatoms. The number of ether oxygens (including phenoxy) is 1. The maximum Gasteiger partial charge on any atom is 0.258 e. The van der Waals surface area contributed by atoms with Crippen LogP contribution in [0.3, 0.4) is 0 Å². The maximum absolute atomic E-state index is 12.9. The van der Waals surface area contributed by atoms with Crippen LogP contribution >= 0.6 is 11.3 Å². The van der Waals surface area contributed by atoms with E-state index in [4.69, 9.17) is 4.74 Å². The van der Waals surface area contributed by atoms with Gasteiger partial charge in [-0.3, -0.25) is 4.79 Å². The Bertz CT molecular complexity index is 1360. The SMILES string of the molecule is COc1ccc2nc(-n3nc(C)cc3NC(=O)c3c[nH]c4ccccc34)sc2c1. The van der Waals surface area contributed by atoms with Crippen molar-refractivity contribution in [2.75, 3.05) is 12.4 Å². The van der Waals surface area contributed by atoms with Gasteiger partial charge >= 0.3 is 0 Å². The van der Waals surface area contributed by atoms with E-state index in [-0.39, 0.29) is 5.91 Å². The van der Waals surface area contributed by atoms with E-state index in [9.17, 15) is 4.79 Å². The number of anilines is 1. The summed E-state index contributed by atoms with van der Waals surface area (Å²) >= 11 is 1.49. The number of nitrogens with one attached hydrogen (secondary N) is 2. The van der Waals surface area contributed by atoms with Crippen molar-refractivity contribution in [2.45, 2.75) is 6.92 Å². The predicted octanol–water partition coefficient (Wildman–Crippen LogP) is 4.53. The Morgan fingerprint density at radius 1 is 1.21 bits per heavy atom. The minimum atomic E-state index is -0.202. The minimum Gasteiger partial charge on any atom is -0.497 e. The molecule has 3 aromatic heterocycles. The molecule has 3 heterocycles. The number of nitrogens with zero attached hydrogens (tertiary/aromatic N) is 3. The first-order valence-electron chi connectivity index (χ1n) is 9.01. The van der Waals surface area contributed by atoms with Crippen molar-refractivity contribution in [2.24, 2.45) is 0 Å². The Hall–Kier alpha value is -3.65. The number of aromatic nitrogens is 4. The molecule has 0 bridgehead atoms. The van der Waals surface area contributed by atoms with Crippen LogP contribution in [0, 0.1) is 6.92 Å². The molecule has 1 amide bonds. The van der Waals surface area contributed by atoms with Gasteiger partial charge in [0.05, 0.1) is 28.6 Å². The summed E-state index contributed by atoms with van der Waals surface area (Å²) in [7, 11) is 1.64. The Labute approximate surface area is 170 Å². The monoisotopic (exact) mass is 403 g/mol. The fourth-order valence-corrected chi connectivity index (χ4v) is 4.25. The van der Waals surface area contributed by atoms with Crippen LogP contribution in [0.4, 0.5) is 5.82 Å². The number of hydrogen-bond acceptors (Lipinski definition) is 5. The van der Waals surface area contributed by atoms with E-state index in [2.05, 4.69) is 20.4 Å². The van der Waals surface area contributed by atoms with Crippen LogP contribution in [-0.4, -0.2) is 32.8 Å². The summed E-state index contributed by atoms with van der Waals surface area (Å²) < 4.78 is 7.94. The first-order valence-corrected chi connectivity index (χ1v) is 9.83. The predicted molar refractivity (Wildman–Crippen MR) is 114 cm³/mol. The number of carbonyl (C=O) groups is 1. The Morgan fingerprint density at radius 3 is 2.93 bits per heavy atom. The number of para-hydroxylation sites is 1. The Kier molecular flexibility index (Phi) is 4.06. The van der Waals surface area contributed by atoms with E-state index < -0.39 is 0 Å². The number of aryl methyl sites for hydroxylation is 1. The zero-order valence-corrected chi connectivity index (χ0v) is 16.6. The third kappa shape index (κ3) is 3.03. The lowest BCUT2D eigenvalue weighted by molar-refractivity contribution is 0.102. The molecular formula is C21H17N5O2S. The molecule has 0 aliphatic carbocycles. The Morgan fingerprint density at radius 2 is 2.07 bits per heavy atom. The average Bonchev–Trinajstić information content (AvgIpc) is 3.43. The van der Waals surface area contributed by atoms with Crippen molar-refractivity contribution >= 4 is 44.2 Å². The number of carbonyl (C=O) groups excluding carboxylic acids is 1. The van der Waals surface area contributed by atoms with Crippen LogP contribution < -0.4 is 10.1 Å². The molecule has 0 spiro atoms. The van der Waals surface area contributed by atoms with Crippen LogP contribution in [0.2, 0.25) is 0 Å². The molecule has 0 fully saturated rings. The van der Waals surface area contributed by atoms with E-state index in [1.54, 1.807) is 18.0 Å². The summed E-state index contributed by atoms with van der Waals surface area (Å²) in [5.74, 6) is 1.15. The van der Waals surface area contributed by atoms with Crippen LogP contribution in [-0.2, 0) is 0 Å². The van der Waals surface area contributed by atoms with E-state index in [1.165, 1.54) is 11.3 Å². The highest BCUT2D eigenvalue weighted by Crippen LogP contribution is 2.30. The van der Waals surface area contributed by atoms with Crippen molar-refractivity contribution in [1.29, 1.82) is 0 Å². The molecular weight excluding hydrogens is 386 g/mol. The van der Waals surface area contributed by atoms with Crippen LogP contribution in [0.5, 0.6) is 5.75 Å². The van der Waals surface area contributed by atoms with Crippen molar-refractivity contribution in [3.63, 3.8) is 0 Å². The van der Waals surface area contributed by atoms with E-state index in [1.807, 2.05) is 55.5 Å². The standard InChI is InChI=1S/C21H17N5O2S/c1-12-9-19(24-20(27)15-11-22-16-6-4-3-5-14(15)16)26(25-12)21-23-17-8-7-13(28-2)10-18(17)29-21/h3-11,22H,1-2H3,(H,24,27). The van der Waals surface area contributed by atoms with Crippen molar-refractivity contribution < 1.29 is 9.53 Å². The summed E-state index contributed by atoms with van der Waals surface area (Å²) in [5.41, 5.74) is 3.14. The molecule has 0 atom stereocenters. The molecule has 5 rings (SSSR count). The number of hydrogen-bond donors (Lipinski definition) is 2. The molecule has 0 saturated heterocycles. The lowest BCUT2D eigenvalue weighted by Gasteiger charge is -2.06. The Balaban J connectivity index is 1.52. The number of fused-ring (bicyclic) bond motifs is 2. The van der Waals surface area contributed by atoms with E-state index in [0.717, 1.165) is 32.6 Å². The number of H-pyrrole nitrogens is 1. The zero-order valence-electron chi connectivity index (χ0n) is 15.8. The second kappa shape index (κ2) is 6.75. The van der Waals surface area contributed by atoms with E-state index in [0.29, 0.717) is 16.5 Å². The number of rotatable bonds is 4. The molecule has 7 nitrogen and oxygen atoms in total. The first kappa shape index (κ1) is 17.4. The van der Waals surface area contributed by atoms with Crippen molar-refractivity contribution in [1.82, 2.24) is 19.7 Å². The molecule has 144 valence electrons.